The molecular formula is C14H16BrNO. The standard InChI is InChI=1S/C14H16BrNO/c1-10(2)3-8-14(17)13(9-16)11-4-6-12(15)7-5-11/h4-7,10,13H,3,8H2,1-2H3. The Morgan fingerprint density at radius 3 is 2.41 bits per heavy atom. The topological polar surface area (TPSA) is 40.9 Å². The molecular weight excluding hydrogens is 278 g/mol. The van der Waals surface area contributed by atoms with Gasteiger partial charge in [0.2, 0.25) is 0 Å². The molecule has 3 heteroatoms. The Morgan fingerprint density at radius 1 is 1.35 bits per heavy atom. The van der Waals surface area contributed by atoms with Gasteiger partial charge < -0.3 is 0 Å². The van der Waals surface area contributed by atoms with Gasteiger partial charge in [0.05, 0.1) is 6.07 Å². The largest absolute Gasteiger partial charge is 0.298 e. The van der Waals surface area contributed by atoms with Gasteiger partial charge in [-0.05, 0) is 30.0 Å². The van der Waals surface area contributed by atoms with Crippen molar-refractivity contribution in [1.82, 2.24) is 0 Å². The summed E-state index contributed by atoms with van der Waals surface area (Å²) in [4.78, 5) is 11.9. The van der Waals surface area contributed by atoms with Gasteiger partial charge in [-0.1, -0.05) is 41.9 Å². The molecule has 1 atom stereocenters. The Kier molecular flexibility index (Phi) is 5.37. The summed E-state index contributed by atoms with van der Waals surface area (Å²) in [6.45, 7) is 4.16. The van der Waals surface area contributed by atoms with E-state index in [1.807, 2.05) is 24.3 Å². The molecule has 0 spiro atoms. The number of benzene rings is 1. The fourth-order valence-electron chi connectivity index (χ4n) is 1.56. The molecule has 0 fully saturated rings. The van der Waals surface area contributed by atoms with Gasteiger partial charge in [0.15, 0.2) is 5.78 Å². The number of ketones is 1. The summed E-state index contributed by atoms with van der Waals surface area (Å²) >= 11 is 3.34. The van der Waals surface area contributed by atoms with Crippen molar-refractivity contribution < 1.29 is 4.79 Å². The van der Waals surface area contributed by atoms with Gasteiger partial charge in [0.1, 0.15) is 5.92 Å². The van der Waals surface area contributed by atoms with Crippen molar-refractivity contribution >= 4 is 21.7 Å². The Hall–Kier alpha value is -1.14. The highest BCUT2D eigenvalue weighted by atomic mass is 79.9. The van der Waals surface area contributed by atoms with E-state index >= 15 is 0 Å². The number of carbonyl (C=O) groups is 1. The molecule has 0 aromatic heterocycles. The first kappa shape index (κ1) is 13.9. The van der Waals surface area contributed by atoms with Crippen molar-refractivity contribution in [3.05, 3.63) is 34.3 Å². The lowest BCUT2D eigenvalue weighted by Crippen LogP contribution is -2.11. The van der Waals surface area contributed by atoms with Crippen LogP contribution in [0, 0.1) is 17.2 Å². The molecule has 0 N–H and O–H groups in total. The maximum Gasteiger partial charge on any atom is 0.154 e. The van der Waals surface area contributed by atoms with Crippen LogP contribution < -0.4 is 0 Å². The van der Waals surface area contributed by atoms with Gasteiger partial charge in [0, 0.05) is 10.9 Å². The normalized spacial score (nSPS) is 12.2. The first-order valence-corrected chi connectivity index (χ1v) is 6.51. The Bertz CT molecular complexity index is 417. The van der Waals surface area contributed by atoms with E-state index in [0.29, 0.717) is 12.3 Å². The molecule has 17 heavy (non-hydrogen) atoms. The summed E-state index contributed by atoms with van der Waals surface area (Å²) in [6, 6.07) is 9.46. The molecule has 2 nitrogen and oxygen atoms in total. The van der Waals surface area contributed by atoms with Crippen molar-refractivity contribution in [2.75, 3.05) is 0 Å². The highest BCUT2D eigenvalue weighted by Gasteiger charge is 2.19. The molecule has 0 bridgehead atoms. The average molecular weight is 294 g/mol. The minimum absolute atomic E-state index is 0.0172. The van der Waals surface area contributed by atoms with Gasteiger partial charge >= 0.3 is 0 Å². The second-order valence-electron chi connectivity index (χ2n) is 4.51. The van der Waals surface area contributed by atoms with Gasteiger partial charge in [-0.3, -0.25) is 4.79 Å². The van der Waals surface area contributed by atoms with Crippen LogP contribution in [0.1, 0.15) is 38.2 Å². The number of halogens is 1. The molecule has 1 aromatic carbocycles. The first-order chi connectivity index (χ1) is 8.04. The van der Waals surface area contributed by atoms with Crippen LogP contribution in [-0.2, 0) is 4.79 Å². The molecule has 0 saturated carbocycles. The number of nitrogens with zero attached hydrogens (tertiary/aromatic N) is 1. The molecule has 0 saturated heterocycles. The van der Waals surface area contributed by atoms with Crippen LogP contribution >= 0.6 is 15.9 Å². The third kappa shape index (κ3) is 4.32. The Morgan fingerprint density at radius 2 is 1.94 bits per heavy atom. The summed E-state index contributed by atoms with van der Waals surface area (Å²) in [7, 11) is 0. The number of rotatable bonds is 5. The summed E-state index contributed by atoms with van der Waals surface area (Å²) in [5, 5.41) is 9.10. The number of Topliss-reactive ketones (excluding diaryl/α,β-unsaturated/α-hetero) is 1. The quantitative estimate of drug-likeness (QED) is 0.821. The van der Waals surface area contributed by atoms with Crippen molar-refractivity contribution in [3.8, 4) is 6.07 Å². The Balaban J connectivity index is 2.75. The fraction of sp³-hybridized carbons (Fsp3) is 0.429. The summed E-state index contributed by atoms with van der Waals surface area (Å²) in [6.07, 6.45) is 1.32. The van der Waals surface area contributed by atoms with Gasteiger partial charge in [-0.2, -0.15) is 5.26 Å². The number of nitriles is 1. The number of hydrogen-bond donors (Lipinski definition) is 0. The number of carbonyl (C=O) groups excluding carboxylic acids is 1. The predicted molar refractivity (Wildman–Crippen MR) is 71.6 cm³/mol. The summed E-state index contributed by atoms with van der Waals surface area (Å²) in [5.74, 6) is -0.117. The molecule has 1 unspecified atom stereocenters. The monoisotopic (exact) mass is 293 g/mol. The van der Waals surface area contributed by atoms with Crippen molar-refractivity contribution in [2.24, 2.45) is 5.92 Å². The molecule has 90 valence electrons. The molecule has 1 aromatic rings. The second kappa shape index (κ2) is 6.56. The average Bonchev–Trinajstić information content (AvgIpc) is 2.30. The zero-order chi connectivity index (χ0) is 12.8. The van der Waals surface area contributed by atoms with Crippen molar-refractivity contribution in [2.45, 2.75) is 32.6 Å². The van der Waals surface area contributed by atoms with Crippen LogP contribution in [0.4, 0.5) is 0 Å². The highest BCUT2D eigenvalue weighted by molar-refractivity contribution is 9.10. The summed E-state index contributed by atoms with van der Waals surface area (Å²) < 4.78 is 0.951. The van der Waals surface area contributed by atoms with Crippen LogP contribution in [-0.4, -0.2) is 5.78 Å². The van der Waals surface area contributed by atoms with E-state index in [-0.39, 0.29) is 5.78 Å². The van der Waals surface area contributed by atoms with E-state index < -0.39 is 5.92 Å². The summed E-state index contributed by atoms with van der Waals surface area (Å²) in [5.41, 5.74) is 0.782. The zero-order valence-electron chi connectivity index (χ0n) is 10.1. The smallest absolute Gasteiger partial charge is 0.154 e. The van der Waals surface area contributed by atoms with Crippen molar-refractivity contribution in [3.63, 3.8) is 0 Å². The third-order valence-electron chi connectivity index (χ3n) is 2.62. The Labute approximate surface area is 111 Å². The maximum atomic E-state index is 11.9. The van der Waals surface area contributed by atoms with Crippen LogP contribution in [0.3, 0.4) is 0 Å². The minimum Gasteiger partial charge on any atom is -0.298 e. The van der Waals surface area contributed by atoms with E-state index in [2.05, 4.69) is 35.8 Å². The predicted octanol–water partition coefficient (Wildman–Crippen LogP) is 4.06. The first-order valence-electron chi connectivity index (χ1n) is 5.72. The lowest BCUT2D eigenvalue weighted by molar-refractivity contribution is -0.119. The minimum atomic E-state index is -0.623. The molecule has 0 radical (unpaired) electrons. The van der Waals surface area contributed by atoms with Crippen LogP contribution in [0.2, 0.25) is 0 Å². The van der Waals surface area contributed by atoms with Crippen LogP contribution in [0.15, 0.2) is 28.7 Å². The van der Waals surface area contributed by atoms with E-state index in [9.17, 15) is 4.79 Å². The van der Waals surface area contributed by atoms with E-state index in [1.54, 1.807) is 0 Å². The molecule has 0 amide bonds. The van der Waals surface area contributed by atoms with E-state index in [4.69, 9.17) is 5.26 Å². The molecule has 0 aliphatic carbocycles. The van der Waals surface area contributed by atoms with Crippen molar-refractivity contribution in [1.29, 1.82) is 5.26 Å². The SMILES string of the molecule is CC(C)CCC(=O)C(C#N)c1ccc(Br)cc1. The van der Waals surface area contributed by atoms with Gasteiger partial charge in [0.25, 0.3) is 0 Å². The van der Waals surface area contributed by atoms with E-state index in [1.165, 1.54) is 0 Å². The second-order valence-corrected chi connectivity index (χ2v) is 5.43. The zero-order valence-corrected chi connectivity index (χ0v) is 11.7. The molecule has 0 aliphatic heterocycles. The third-order valence-corrected chi connectivity index (χ3v) is 3.15. The van der Waals surface area contributed by atoms with Gasteiger partial charge in [-0.25, -0.2) is 0 Å². The van der Waals surface area contributed by atoms with Crippen LogP contribution in [0.5, 0.6) is 0 Å². The lowest BCUT2D eigenvalue weighted by atomic mass is 9.92. The van der Waals surface area contributed by atoms with Gasteiger partial charge in [-0.15, -0.1) is 0 Å². The van der Waals surface area contributed by atoms with E-state index in [0.717, 1.165) is 16.5 Å². The van der Waals surface area contributed by atoms with Crippen LogP contribution in [0.25, 0.3) is 0 Å². The lowest BCUT2D eigenvalue weighted by Gasteiger charge is -2.09. The molecule has 0 heterocycles. The molecule has 0 aliphatic rings. The fourth-order valence-corrected chi connectivity index (χ4v) is 1.83. The maximum absolute atomic E-state index is 11.9. The molecule has 1 rings (SSSR count). The number of hydrogen-bond acceptors (Lipinski definition) is 2. The highest BCUT2D eigenvalue weighted by Crippen LogP contribution is 2.21.